The van der Waals surface area contributed by atoms with Gasteiger partial charge in [0.1, 0.15) is 0 Å². The largest absolute Gasteiger partial charge is 0.389 e. The summed E-state index contributed by atoms with van der Waals surface area (Å²) in [5.74, 6) is 0.0919. The Labute approximate surface area is 139 Å². The fourth-order valence-electron chi connectivity index (χ4n) is 4.07. The van der Waals surface area contributed by atoms with E-state index in [0.29, 0.717) is 5.56 Å². The van der Waals surface area contributed by atoms with Crippen molar-refractivity contribution in [3.05, 3.63) is 35.4 Å². The lowest BCUT2D eigenvalue weighted by Gasteiger charge is -2.42. The summed E-state index contributed by atoms with van der Waals surface area (Å²) in [7, 11) is 0. The first-order chi connectivity index (χ1) is 11.2. The van der Waals surface area contributed by atoms with Crippen molar-refractivity contribution >= 4 is 0 Å². The molecule has 1 aromatic carbocycles. The van der Waals surface area contributed by atoms with E-state index in [9.17, 15) is 10.4 Å². The molecule has 4 heteroatoms. The van der Waals surface area contributed by atoms with E-state index < -0.39 is 5.60 Å². The third-order valence-corrected chi connectivity index (χ3v) is 5.44. The van der Waals surface area contributed by atoms with Crippen LogP contribution in [-0.4, -0.2) is 48.3 Å². The van der Waals surface area contributed by atoms with Crippen molar-refractivity contribution in [2.24, 2.45) is 0 Å². The Morgan fingerprint density at radius 1 is 1.22 bits per heavy atom. The van der Waals surface area contributed by atoms with Gasteiger partial charge < -0.3 is 15.3 Å². The number of piperazine rings is 1. The summed E-state index contributed by atoms with van der Waals surface area (Å²) >= 11 is 0. The number of aliphatic hydroxyl groups is 1. The first-order valence-electron chi connectivity index (χ1n) is 8.87. The molecule has 1 unspecified atom stereocenters. The Kier molecular flexibility index (Phi) is 5.32. The zero-order valence-corrected chi connectivity index (χ0v) is 13.8. The maximum absolute atomic E-state index is 11.4. The van der Waals surface area contributed by atoms with Gasteiger partial charge in [-0.1, -0.05) is 31.4 Å². The van der Waals surface area contributed by atoms with Crippen LogP contribution in [0.25, 0.3) is 0 Å². The van der Waals surface area contributed by atoms with Crippen molar-refractivity contribution in [2.75, 3.05) is 32.7 Å². The van der Waals surface area contributed by atoms with Gasteiger partial charge in [0.25, 0.3) is 0 Å². The molecular weight excluding hydrogens is 286 g/mol. The summed E-state index contributed by atoms with van der Waals surface area (Å²) in [6.07, 6.45) is 5.18. The summed E-state index contributed by atoms with van der Waals surface area (Å²) in [5.41, 5.74) is 1.18. The van der Waals surface area contributed by atoms with Gasteiger partial charge in [-0.3, -0.25) is 0 Å². The van der Waals surface area contributed by atoms with Gasteiger partial charge in [-0.15, -0.1) is 0 Å². The molecule has 2 aliphatic rings. The van der Waals surface area contributed by atoms with Gasteiger partial charge in [0, 0.05) is 38.6 Å². The van der Waals surface area contributed by atoms with E-state index in [1.165, 1.54) is 6.42 Å². The second-order valence-corrected chi connectivity index (χ2v) is 7.00. The normalized spacial score (nSPS) is 23.1. The van der Waals surface area contributed by atoms with Crippen LogP contribution in [0.4, 0.5) is 0 Å². The first-order valence-corrected chi connectivity index (χ1v) is 8.87. The number of benzene rings is 1. The molecule has 1 aliphatic heterocycles. The molecule has 1 heterocycles. The Balaban J connectivity index is 1.86. The van der Waals surface area contributed by atoms with Gasteiger partial charge in [0.2, 0.25) is 0 Å². The molecule has 0 aromatic heterocycles. The van der Waals surface area contributed by atoms with Crippen LogP contribution in [-0.2, 0) is 0 Å². The molecule has 23 heavy (non-hydrogen) atoms. The van der Waals surface area contributed by atoms with E-state index in [2.05, 4.69) is 22.4 Å². The summed E-state index contributed by atoms with van der Waals surface area (Å²) in [4.78, 5) is 2.45. The molecule has 2 N–H and O–H groups in total. The topological polar surface area (TPSA) is 59.3 Å². The maximum Gasteiger partial charge on any atom is 0.0991 e. The predicted octanol–water partition coefficient (Wildman–Crippen LogP) is 2.24. The number of nitrogens with one attached hydrogen (secondary N) is 1. The van der Waals surface area contributed by atoms with Crippen molar-refractivity contribution in [2.45, 2.75) is 43.6 Å². The van der Waals surface area contributed by atoms with Crippen LogP contribution in [0.2, 0.25) is 0 Å². The molecule has 1 aliphatic carbocycles. The molecule has 4 nitrogen and oxygen atoms in total. The van der Waals surface area contributed by atoms with Crippen LogP contribution in [0.1, 0.15) is 49.1 Å². The van der Waals surface area contributed by atoms with Crippen molar-refractivity contribution < 1.29 is 5.11 Å². The number of hydrogen-bond acceptors (Lipinski definition) is 4. The first kappa shape index (κ1) is 16.4. The third kappa shape index (κ3) is 3.92. The van der Waals surface area contributed by atoms with Crippen molar-refractivity contribution in [1.29, 1.82) is 5.26 Å². The molecule has 124 valence electrons. The molecule has 1 aromatic rings. The average molecular weight is 313 g/mol. The van der Waals surface area contributed by atoms with Crippen molar-refractivity contribution in [3.8, 4) is 6.07 Å². The average Bonchev–Trinajstić information content (AvgIpc) is 2.61. The minimum Gasteiger partial charge on any atom is -0.389 e. The Hall–Kier alpha value is -1.41. The summed E-state index contributed by atoms with van der Waals surface area (Å²) < 4.78 is 0. The van der Waals surface area contributed by atoms with Crippen LogP contribution in [0.3, 0.4) is 0 Å². The number of hydrogen-bond donors (Lipinski definition) is 2. The molecule has 1 saturated carbocycles. The number of nitrogens with zero attached hydrogens (tertiary/aromatic N) is 2. The van der Waals surface area contributed by atoms with Gasteiger partial charge in [-0.2, -0.15) is 5.26 Å². The summed E-state index contributed by atoms with van der Waals surface area (Å²) in [6, 6.07) is 10.1. The zero-order valence-electron chi connectivity index (χ0n) is 13.8. The van der Waals surface area contributed by atoms with Crippen LogP contribution < -0.4 is 5.32 Å². The molecule has 2 fully saturated rings. The Morgan fingerprint density at radius 3 is 2.65 bits per heavy atom. The van der Waals surface area contributed by atoms with Gasteiger partial charge in [-0.25, -0.2) is 0 Å². The quantitative estimate of drug-likeness (QED) is 0.895. The predicted molar refractivity (Wildman–Crippen MR) is 91.2 cm³/mol. The standard InChI is InChI=1S/C19H27N3O/c20-14-16-5-4-6-17(13-16)18(15-22-11-9-21-10-12-22)19(23)7-2-1-3-8-19/h4-6,13,18,21,23H,1-3,7-12,15H2. The zero-order chi connectivity index (χ0) is 16.1. The molecular formula is C19H27N3O. The van der Waals surface area contributed by atoms with Gasteiger partial charge in [0.05, 0.1) is 17.2 Å². The van der Waals surface area contributed by atoms with Crippen LogP contribution >= 0.6 is 0 Å². The molecule has 0 amide bonds. The van der Waals surface area contributed by atoms with Crippen LogP contribution in [0.5, 0.6) is 0 Å². The van der Waals surface area contributed by atoms with E-state index in [-0.39, 0.29) is 5.92 Å². The van der Waals surface area contributed by atoms with Crippen LogP contribution in [0, 0.1) is 11.3 Å². The Morgan fingerprint density at radius 2 is 1.96 bits per heavy atom. The molecule has 3 rings (SSSR count). The highest BCUT2D eigenvalue weighted by Crippen LogP contribution is 2.40. The monoisotopic (exact) mass is 313 g/mol. The lowest BCUT2D eigenvalue weighted by molar-refractivity contribution is -0.0316. The molecule has 1 atom stereocenters. The van der Waals surface area contributed by atoms with E-state index in [1.807, 2.05) is 18.2 Å². The van der Waals surface area contributed by atoms with Gasteiger partial charge >= 0.3 is 0 Å². The maximum atomic E-state index is 11.4. The highest BCUT2D eigenvalue weighted by Gasteiger charge is 2.39. The van der Waals surface area contributed by atoms with Crippen molar-refractivity contribution in [1.82, 2.24) is 10.2 Å². The lowest BCUT2D eigenvalue weighted by Crippen LogP contribution is -2.49. The third-order valence-electron chi connectivity index (χ3n) is 5.44. The van der Waals surface area contributed by atoms with Gasteiger partial charge in [-0.05, 0) is 30.5 Å². The van der Waals surface area contributed by atoms with Crippen molar-refractivity contribution in [3.63, 3.8) is 0 Å². The van der Waals surface area contributed by atoms with E-state index in [1.54, 1.807) is 0 Å². The van der Waals surface area contributed by atoms with E-state index in [0.717, 1.165) is 64.0 Å². The second kappa shape index (κ2) is 7.44. The minimum atomic E-state index is -0.628. The molecule has 0 radical (unpaired) electrons. The highest BCUT2D eigenvalue weighted by molar-refractivity contribution is 5.36. The van der Waals surface area contributed by atoms with E-state index >= 15 is 0 Å². The summed E-state index contributed by atoms with van der Waals surface area (Å²) in [5, 5.41) is 23.9. The molecule has 0 spiro atoms. The van der Waals surface area contributed by atoms with Crippen LogP contribution in [0.15, 0.2) is 24.3 Å². The molecule has 0 bridgehead atoms. The smallest absolute Gasteiger partial charge is 0.0991 e. The Bertz CT molecular complexity index is 554. The number of rotatable bonds is 4. The summed E-state index contributed by atoms with van der Waals surface area (Å²) in [6.45, 7) is 4.98. The second-order valence-electron chi connectivity index (χ2n) is 7.00. The fraction of sp³-hybridized carbons (Fsp3) is 0.632. The highest BCUT2D eigenvalue weighted by atomic mass is 16.3. The van der Waals surface area contributed by atoms with Gasteiger partial charge in [0.15, 0.2) is 0 Å². The molecule has 1 saturated heterocycles. The number of nitriles is 1. The fourth-order valence-corrected chi connectivity index (χ4v) is 4.07. The lowest BCUT2D eigenvalue weighted by atomic mass is 9.72. The minimum absolute atomic E-state index is 0.0919. The van der Waals surface area contributed by atoms with E-state index in [4.69, 9.17) is 0 Å². The SMILES string of the molecule is N#Cc1cccc(C(CN2CCNCC2)C2(O)CCCCC2)c1.